The van der Waals surface area contributed by atoms with Crippen molar-refractivity contribution >= 4 is 17.3 Å². The zero-order valence-corrected chi connectivity index (χ0v) is 13.8. The van der Waals surface area contributed by atoms with Gasteiger partial charge < -0.3 is 4.74 Å². The average Bonchev–Trinajstić information content (AvgIpc) is 3.07. The van der Waals surface area contributed by atoms with Gasteiger partial charge in [-0.25, -0.2) is 5.01 Å². The molecule has 0 saturated heterocycles. The molecule has 0 aliphatic carbocycles. The fourth-order valence-corrected chi connectivity index (χ4v) is 2.74. The Hall–Kier alpha value is -3.35. The van der Waals surface area contributed by atoms with Crippen molar-refractivity contribution in [3.05, 3.63) is 75.8 Å². The van der Waals surface area contributed by atoms with Crippen LogP contribution in [0.3, 0.4) is 0 Å². The van der Waals surface area contributed by atoms with Crippen LogP contribution >= 0.6 is 0 Å². The van der Waals surface area contributed by atoms with Crippen LogP contribution in [0.5, 0.6) is 5.75 Å². The summed E-state index contributed by atoms with van der Waals surface area (Å²) in [7, 11) is 1.59. The molecule has 25 heavy (non-hydrogen) atoms. The first-order chi connectivity index (χ1) is 12.0. The van der Waals surface area contributed by atoms with Crippen molar-refractivity contribution in [2.75, 3.05) is 7.11 Å². The molecule has 0 bridgehead atoms. The van der Waals surface area contributed by atoms with Crippen LogP contribution in [0.4, 0.5) is 5.69 Å². The largest absolute Gasteiger partial charge is 0.497 e. The van der Waals surface area contributed by atoms with Crippen LogP contribution in [0.25, 0.3) is 5.70 Å². The van der Waals surface area contributed by atoms with E-state index in [1.165, 1.54) is 24.1 Å². The molecule has 0 radical (unpaired) electrons. The van der Waals surface area contributed by atoms with Gasteiger partial charge in [0.05, 0.1) is 23.8 Å². The van der Waals surface area contributed by atoms with Crippen molar-refractivity contribution in [3.63, 3.8) is 0 Å². The van der Waals surface area contributed by atoms with Crippen molar-refractivity contribution in [2.45, 2.75) is 13.0 Å². The maximum atomic E-state index is 12.0. The van der Waals surface area contributed by atoms with Crippen molar-refractivity contribution in [2.24, 2.45) is 0 Å². The summed E-state index contributed by atoms with van der Waals surface area (Å²) in [6, 6.07) is 13.4. The van der Waals surface area contributed by atoms with E-state index in [9.17, 15) is 14.9 Å². The van der Waals surface area contributed by atoms with Gasteiger partial charge in [0.2, 0.25) is 5.91 Å². The molecule has 7 nitrogen and oxygen atoms in total. The zero-order valence-electron chi connectivity index (χ0n) is 13.8. The number of rotatable bonds is 4. The van der Waals surface area contributed by atoms with Crippen molar-refractivity contribution in [1.29, 1.82) is 0 Å². The Kier molecular flexibility index (Phi) is 4.38. The normalized spacial score (nSPS) is 16.2. The Labute approximate surface area is 144 Å². The number of amides is 1. The van der Waals surface area contributed by atoms with Crippen molar-refractivity contribution < 1.29 is 14.5 Å². The Morgan fingerprint density at radius 3 is 2.56 bits per heavy atom. The molecule has 0 aromatic heterocycles. The Morgan fingerprint density at radius 1 is 1.24 bits per heavy atom. The van der Waals surface area contributed by atoms with E-state index in [1.807, 2.05) is 30.3 Å². The van der Waals surface area contributed by atoms with Crippen LogP contribution in [0, 0.1) is 10.1 Å². The first kappa shape index (κ1) is 16.5. The number of nitro groups is 1. The molecule has 7 heteroatoms. The number of hydrazine groups is 1. The smallest absolute Gasteiger partial charge is 0.270 e. The summed E-state index contributed by atoms with van der Waals surface area (Å²) in [5.74, 6) is 0.574. The highest BCUT2D eigenvalue weighted by Crippen LogP contribution is 2.32. The minimum atomic E-state index is -0.442. The lowest BCUT2D eigenvalue weighted by Gasteiger charge is -2.24. The number of nitro benzene ring substituents is 1. The monoisotopic (exact) mass is 339 g/mol. The number of ether oxygens (including phenoxy) is 1. The van der Waals surface area contributed by atoms with Crippen LogP contribution in [-0.2, 0) is 4.79 Å². The Balaban J connectivity index is 1.97. The highest BCUT2D eigenvalue weighted by Gasteiger charge is 2.29. The molecular weight excluding hydrogens is 322 g/mol. The quantitative estimate of drug-likeness (QED) is 0.683. The van der Waals surface area contributed by atoms with Crippen LogP contribution < -0.4 is 10.2 Å². The molecule has 1 amide bonds. The van der Waals surface area contributed by atoms with Crippen LogP contribution in [-0.4, -0.2) is 22.9 Å². The lowest BCUT2D eigenvalue weighted by Crippen LogP contribution is -2.37. The van der Waals surface area contributed by atoms with Gasteiger partial charge in [-0.15, -0.1) is 0 Å². The molecule has 2 aromatic carbocycles. The second kappa shape index (κ2) is 6.64. The lowest BCUT2D eigenvalue weighted by atomic mass is 10.0. The molecule has 0 fully saturated rings. The number of nitrogens with zero attached hydrogens (tertiary/aromatic N) is 2. The third-order valence-corrected chi connectivity index (χ3v) is 4.01. The number of hydrogen-bond acceptors (Lipinski definition) is 5. The van der Waals surface area contributed by atoms with Crippen LogP contribution in [0.2, 0.25) is 0 Å². The predicted octanol–water partition coefficient (Wildman–Crippen LogP) is 3.05. The average molecular weight is 339 g/mol. The van der Waals surface area contributed by atoms with Gasteiger partial charge in [-0.2, -0.15) is 0 Å². The highest BCUT2D eigenvalue weighted by molar-refractivity contribution is 5.79. The van der Waals surface area contributed by atoms with Gasteiger partial charge in [0.1, 0.15) is 5.75 Å². The molecule has 1 aliphatic rings. The van der Waals surface area contributed by atoms with E-state index in [4.69, 9.17) is 4.74 Å². The molecule has 128 valence electrons. The highest BCUT2D eigenvalue weighted by atomic mass is 16.6. The molecule has 0 spiro atoms. The summed E-state index contributed by atoms with van der Waals surface area (Å²) < 4.78 is 5.16. The molecular formula is C18H17N3O4. The lowest BCUT2D eigenvalue weighted by molar-refractivity contribution is -0.384. The standard InChI is InChI=1S/C18H17N3O4/c1-12(22)20-18(13-6-8-16(25-2)9-7-13)11-17(19-20)14-4-3-5-15(10-14)21(23)24/h3-11,18-19H,1-2H3. The number of benzene rings is 2. The van der Waals surface area contributed by atoms with Crippen LogP contribution in [0.1, 0.15) is 24.1 Å². The summed E-state index contributed by atoms with van der Waals surface area (Å²) in [4.78, 5) is 22.5. The summed E-state index contributed by atoms with van der Waals surface area (Å²) in [5, 5.41) is 12.5. The van der Waals surface area contributed by atoms with E-state index < -0.39 is 4.92 Å². The number of nitrogens with one attached hydrogen (secondary N) is 1. The molecule has 3 rings (SSSR count). The molecule has 1 heterocycles. The van der Waals surface area contributed by atoms with Crippen LogP contribution in [0.15, 0.2) is 54.6 Å². The van der Waals surface area contributed by atoms with E-state index >= 15 is 0 Å². The SMILES string of the molecule is COc1ccc(C2C=C(c3cccc([N+](=O)[O-])c3)NN2C(C)=O)cc1. The summed E-state index contributed by atoms with van der Waals surface area (Å²) >= 11 is 0. The van der Waals surface area contributed by atoms with Gasteiger partial charge >= 0.3 is 0 Å². The number of carbonyl (C=O) groups is 1. The minimum absolute atomic E-state index is 0.00229. The first-order valence-corrected chi connectivity index (χ1v) is 7.66. The van der Waals surface area contributed by atoms with E-state index in [2.05, 4.69) is 5.43 Å². The van der Waals surface area contributed by atoms with E-state index in [0.717, 1.165) is 11.3 Å². The van der Waals surface area contributed by atoms with Gasteiger partial charge in [-0.3, -0.25) is 20.3 Å². The summed E-state index contributed by atoms with van der Waals surface area (Å²) in [5.41, 5.74) is 5.25. The second-order valence-corrected chi connectivity index (χ2v) is 5.61. The maximum Gasteiger partial charge on any atom is 0.270 e. The minimum Gasteiger partial charge on any atom is -0.497 e. The molecule has 1 atom stereocenters. The van der Waals surface area contributed by atoms with E-state index in [1.54, 1.807) is 19.2 Å². The Bertz CT molecular complexity index is 846. The number of methoxy groups -OCH3 is 1. The molecule has 1 N–H and O–H groups in total. The summed E-state index contributed by atoms with van der Waals surface area (Å²) in [6.07, 6.45) is 1.88. The molecule has 1 unspecified atom stereocenters. The van der Waals surface area contributed by atoms with Gasteiger partial charge in [0, 0.05) is 24.6 Å². The Morgan fingerprint density at radius 2 is 1.96 bits per heavy atom. The van der Waals surface area contributed by atoms with E-state index in [-0.39, 0.29) is 17.6 Å². The maximum absolute atomic E-state index is 12.0. The topological polar surface area (TPSA) is 84.7 Å². The van der Waals surface area contributed by atoms with Gasteiger partial charge in [0.15, 0.2) is 0 Å². The molecule has 1 aliphatic heterocycles. The van der Waals surface area contributed by atoms with Gasteiger partial charge in [-0.05, 0) is 23.8 Å². The van der Waals surface area contributed by atoms with E-state index in [0.29, 0.717) is 11.3 Å². The number of non-ortho nitro benzene ring substituents is 1. The molecule has 2 aromatic rings. The van der Waals surface area contributed by atoms with Gasteiger partial charge in [0.25, 0.3) is 5.69 Å². The summed E-state index contributed by atoms with van der Waals surface area (Å²) in [6.45, 7) is 1.47. The van der Waals surface area contributed by atoms with Crippen molar-refractivity contribution in [3.8, 4) is 5.75 Å². The fraction of sp³-hybridized carbons (Fsp3) is 0.167. The van der Waals surface area contributed by atoms with Gasteiger partial charge in [-0.1, -0.05) is 24.3 Å². The first-order valence-electron chi connectivity index (χ1n) is 7.66. The fourth-order valence-electron chi connectivity index (χ4n) is 2.74. The second-order valence-electron chi connectivity index (χ2n) is 5.61. The zero-order chi connectivity index (χ0) is 18.0. The number of carbonyl (C=O) groups excluding carboxylic acids is 1. The molecule has 0 saturated carbocycles. The predicted molar refractivity (Wildman–Crippen MR) is 92.5 cm³/mol. The van der Waals surface area contributed by atoms with Crippen molar-refractivity contribution in [1.82, 2.24) is 10.4 Å². The third kappa shape index (κ3) is 3.30. The third-order valence-electron chi connectivity index (χ3n) is 4.01. The number of hydrogen-bond donors (Lipinski definition) is 1.